The van der Waals surface area contributed by atoms with Crippen LogP contribution in [0.4, 0.5) is 26.3 Å². The molecule has 0 spiro atoms. The molecule has 5 rings (SSSR count). The summed E-state index contributed by atoms with van der Waals surface area (Å²) in [6.45, 7) is 11.5. The van der Waals surface area contributed by atoms with Crippen molar-refractivity contribution in [1.82, 2.24) is 0 Å². The molecule has 0 saturated carbocycles. The second-order valence-corrected chi connectivity index (χ2v) is 11.4. The number of rotatable bonds is 4. The largest absolute Gasteiger partial charge is 0.457 e. The molecule has 0 N–H and O–H groups in total. The van der Waals surface area contributed by atoms with Crippen LogP contribution in [0.15, 0.2) is 121 Å². The molecular weight excluding hydrogens is 598 g/mol. The maximum atomic E-state index is 13.7. The van der Waals surface area contributed by atoms with E-state index in [-0.39, 0.29) is 0 Å². The van der Waals surface area contributed by atoms with E-state index in [9.17, 15) is 26.3 Å². The molecule has 5 aromatic rings. The topological polar surface area (TPSA) is 9.23 Å². The number of ether oxygens (including phenoxy) is 1. The molecule has 242 valence electrons. The quantitative estimate of drug-likeness (QED) is 0.178. The minimum Gasteiger partial charge on any atom is -0.457 e. The highest BCUT2D eigenvalue weighted by Crippen LogP contribution is 2.56. The third-order valence-corrected chi connectivity index (χ3v) is 7.27. The standard InChI is InChI=1S/C17H14F6.C14H14O.C8H10/c1-11-3-7-13(8-4-11)15(16(18,19)20,17(21,22)23)14-9-5-12(2)6-10-14;1-11-3-7-13(8-4-11)15-14-9-5-12(2)6-10-14;1-7-4-3-5-8(2)6-7/h3-10H,1-2H3;3-10H,1-2H3;3-6H,1-2H3. The molecular formula is C39H38F6O. The number of alkyl halides is 6. The van der Waals surface area contributed by atoms with Gasteiger partial charge in [-0.15, -0.1) is 0 Å². The van der Waals surface area contributed by atoms with Crippen molar-refractivity contribution in [2.45, 2.75) is 59.3 Å². The van der Waals surface area contributed by atoms with E-state index >= 15 is 0 Å². The molecule has 0 bridgehead atoms. The minimum absolute atomic E-state index is 0.580. The lowest BCUT2D eigenvalue weighted by Crippen LogP contribution is -2.54. The van der Waals surface area contributed by atoms with Crippen molar-refractivity contribution in [1.29, 1.82) is 0 Å². The summed E-state index contributed by atoms with van der Waals surface area (Å²) in [4.78, 5) is 0. The fraction of sp³-hybridized carbons (Fsp3) is 0.231. The van der Waals surface area contributed by atoms with Crippen LogP contribution in [0.1, 0.15) is 44.5 Å². The van der Waals surface area contributed by atoms with Gasteiger partial charge in [-0.2, -0.15) is 26.3 Å². The SMILES string of the molecule is Cc1ccc(C(c2ccc(C)cc2)(C(F)(F)F)C(F)(F)F)cc1.Cc1ccc(Oc2ccc(C)cc2)cc1.Cc1cccc(C)c1. The summed E-state index contributed by atoms with van der Waals surface area (Å²) in [5.41, 5.74) is 0.583. The Kier molecular flexibility index (Phi) is 11.9. The van der Waals surface area contributed by atoms with Crippen molar-refractivity contribution >= 4 is 0 Å². The van der Waals surface area contributed by atoms with Crippen LogP contribution in [-0.4, -0.2) is 12.4 Å². The summed E-state index contributed by atoms with van der Waals surface area (Å²) in [6, 6.07) is 33.1. The van der Waals surface area contributed by atoms with Gasteiger partial charge in [-0.1, -0.05) is 130 Å². The lowest BCUT2D eigenvalue weighted by Gasteiger charge is -2.38. The van der Waals surface area contributed by atoms with Crippen LogP contribution >= 0.6 is 0 Å². The van der Waals surface area contributed by atoms with Gasteiger partial charge < -0.3 is 4.74 Å². The second-order valence-electron chi connectivity index (χ2n) is 11.4. The fourth-order valence-corrected chi connectivity index (χ4v) is 4.74. The van der Waals surface area contributed by atoms with Crippen LogP contribution in [0, 0.1) is 41.5 Å². The Balaban J connectivity index is 0.000000212. The van der Waals surface area contributed by atoms with Crippen LogP contribution in [0.2, 0.25) is 0 Å². The van der Waals surface area contributed by atoms with Crippen LogP contribution in [0.25, 0.3) is 0 Å². The highest BCUT2D eigenvalue weighted by atomic mass is 19.4. The first kappa shape index (κ1) is 36.0. The molecule has 0 aliphatic heterocycles. The van der Waals surface area contributed by atoms with Crippen molar-refractivity contribution in [3.8, 4) is 11.5 Å². The predicted molar refractivity (Wildman–Crippen MR) is 174 cm³/mol. The Morgan fingerprint density at radius 2 is 0.652 bits per heavy atom. The van der Waals surface area contributed by atoms with Crippen molar-refractivity contribution in [3.05, 3.63) is 166 Å². The van der Waals surface area contributed by atoms with E-state index in [1.54, 1.807) is 13.8 Å². The van der Waals surface area contributed by atoms with E-state index in [2.05, 4.69) is 52.0 Å². The van der Waals surface area contributed by atoms with E-state index in [0.29, 0.717) is 11.1 Å². The number of halogens is 6. The molecule has 1 nitrogen and oxygen atoms in total. The first-order valence-electron chi connectivity index (χ1n) is 14.6. The minimum atomic E-state index is -5.53. The third kappa shape index (κ3) is 9.25. The maximum Gasteiger partial charge on any atom is 0.411 e. The van der Waals surface area contributed by atoms with Gasteiger partial charge in [0.05, 0.1) is 0 Å². The van der Waals surface area contributed by atoms with Gasteiger partial charge in [0.2, 0.25) is 5.41 Å². The molecule has 0 radical (unpaired) electrons. The first-order valence-corrected chi connectivity index (χ1v) is 14.6. The Labute approximate surface area is 267 Å². The van der Waals surface area contributed by atoms with Crippen molar-refractivity contribution in [3.63, 3.8) is 0 Å². The molecule has 0 aliphatic rings. The second kappa shape index (κ2) is 15.2. The van der Waals surface area contributed by atoms with Gasteiger partial charge in [-0.3, -0.25) is 0 Å². The zero-order chi connectivity index (χ0) is 34.1. The van der Waals surface area contributed by atoms with Crippen LogP contribution in [0.5, 0.6) is 11.5 Å². The Bertz CT molecular complexity index is 1530. The van der Waals surface area contributed by atoms with Crippen molar-refractivity contribution in [2.24, 2.45) is 0 Å². The average molecular weight is 637 g/mol. The van der Waals surface area contributed by atoms with E-state index in [1.807, 2.05) is 48.5 Å². The van der Waals surface area contributed by atoms with Crippen LogP contribution in [0.3, 0.4) is 0 Å². The number of aryl methyl sites for hydroxylation is 6. The summed E-state index contributed by atoms with van der Waals surface area (Å²) in [6.07, 6.45) is -11.1. The maximum absolute atomic E-state index is 13.7. The predicted octanol–water partition coefficient (Wildman–Crippen LogP) is 12.1. The molecule has 0 aromatic heterocycles. The number of hydrogen-bond donors (Lipinski definition) is 0. The zero-order valence-corrected chi connectivity index (χ0v) is 26.7. The summed E-state index contributed by atoms with van der Waals surface area (Å²) >= 11 is 0. The van der Waals surface area contributed by atoms with Crippen molar-refractivity contribution < 1.29 is 31.1 Å². The lowest BCUT2D eigenvalue weighted by atomic mass is 9.72. The van der Waals surface area contributed by atoms with Gasteiger partial charge in [0.15, 0.2) is 0 Å². The molecule has 46 heavy (non-hydrogen) atoms. The monoisotopic (exact) mass is 636 g/mol. The highest BCUT2D eigenvalue weighted by Gasteiger charge is 2.72. The van der Waals surface area contributed by atoms with Crippen LogP contribution < -0.4 is 4.74 Å². The smallest absolute Gasteiger partial charge is 0.411 e. The van der Waals surface area contributed by atoms with Crippen LogP contribution in [-0.2, 0) is 5.41 Å². The van der Waals surface area contributed by atoms with Gasteiger partial charge in [0, 0.05) is 0 Å². The molecule has 5 aromatic carbocycles. The van der Waals surface area contributed by atoms with Gasteiger partial charge in [0.1, 0.15) is 11.5 Å². The van der Waals surface area contributed by atoms with Gasteiger partial charge in [0.25, 0.3) is 0 Å². The Hall–Kier alpha value is -4.52. The molecule has 0 saturated heterocycles. The summed E-state index contributed by atoms with van der Waals surface area (Å²) < 4.78 is 88.0. The van der Waals surface area contributed by atoms with E-state index in [0.717, 1.165) is 35.8 Å². The summed E-state index contributed by atoms with van der Waals surface area (Å²) in [5.74, 6) is 1.76. The zero-order valence-electron chi connectivity index (χ0n) is 26.7. The first-order chi connectivity index (χ1) is 21.5. The fourth-order valence-electron chi connectivity index (χ4n) is 4.74. The third-order valence-electron chi connectivity index (χ3n) is 7.27. The Morgan fingerprint density at radius 3 is 0.891 bits per heavy atom. The molecule has 0 amide bonds. The van der Waals surface area contributed by atoms with Gasteiger partial charge in [-0.05, 0) is 76.9 Å². The average Bonchev–Trinajstić information content (AvgIpc) is 2.97. The number of benzene rings is 5. The van der Waals surface area contributed by atoms with Crippen molar-refractivity contribution in [2.75, 3.05) is 0 Å². The highest BCUT2D eigenvalue weighted by molar-refractivity contribution is 5.45. The molecule has 7 heteroatoms. The summed E-state index contributed by atoms with van der Waals surface area (Å²) in [7, 11) is 0. The van der Waals surface area contributed by atoms with Gasteiger partial charge in [-0.25, -0.2) is 0 Å². The van der Waals surface area contributed by atoms with Gasteiger partial charge >= 0.3 is 12.4 Å². The Morgan fingerprint density at radius 1 is 0.370 bits per heavy atom. The molecule has 0 aliphatic carbocycles. The molecule has 0 atom stereocenters. The normalized spacial score (nSPS) is 11.5. The molecule has 0 unspecified atom stereocenters. The molecule has 0 fully saturated rings. The molecule has 0 heterocycles. The summed E-state index contributed by atoms with van der Waals surface area (Å²) in [5, 5.41) is 0. The lowest BCUT2D eigenvalue weighted by molar-refractivity contribution is -0.288. The van der Waals surface area contributed by atoms with E-state index < -0.39 is 28.9 Å². The number of hydrogen-bond acceptors (Lipinski definition) is 1. The van der Waals surface area contributed by atoms with E-state index in [4.69, 9.17) is 4.74 Å². The van der Waals surface area contributed by atoms with E-state index in [1.165, 1.54) is 46.5 Å².